The highest BCUT2D eigenvalue weighted by Crippen LogP contribution is 2.45. The summed E-state index contributed by atoms with van der Waals surface area (Å²) in [5.74, 6) is 0.117. The first-order valence-electron chi connectivity index (χ1n) is 38.3. The number of rotatable bonds is 72. The molecule has 3 N–H and O–H groups in total. The lowest BCUT2D eigenvalue weighted by atomic mass is 10.0. The fourth-order valence-corrected chi connectivity index (χ4v) is 12.8. The molecule has 0 aromatic rings. The summed E-state index contributed by atoms with van der Waals surface area (Å²) in [5, 5.41) is 10.6. The Labute approximate surface area is 568 Å². The molecular weight excluding hydrogens is 1220 g/mol. The van der Waals surface area contributed by atoms with E-state index in [0.717, 1.165) is 108 Å². The summed E-state index contributed by atoms with van der Waals surface area (Å²) in [4.78, 5) is 72.7. The zero-order valence-corrected chi connectivity index (χ0v) is 62.5. The lowest BCUT2D eigenvalue weighted by Gasteiger charge is -2.21. The largest absolute Gasteiger partial charge is 0.472 e. The molecule has 19 heteroatoms. The molecule has 93 heavy (non-hydrogen) atoms. The molecule has 0 saturated carbocycles. The van der Waals surface area contributed by atoms with Gasteiger partial charge in [0.1, 0.15) is 19.3 Å². The number of aliphatic hydroxyl groups is 1. The summed E-state index contributed by atoms with van der Waals surface area (Å²) in [7, 11) is -9.91. The van der Waals surface area contributed by atoms with Crippen LogP contribution in [0.4, 0.5) is 0 Å². The molecule has 0 amide bonds. The van der Waals surface area contributed by atoms with Gasteiger partial charge in [0, 0.05) is 25.7 Å². The second kappa shape index (κ2) is 64.7. The third-order valence-corrected chi connectivity index (χ3v) is 19.0. The molecule has 0 aliphatic carbocycles. The molecule has 0 saturated heterocycles. The molecule has 5 atom stereocenters. The van der Waals surface area contributed by atoms with E-state index < -0.39 is 97.5 Å². The number of unbranched alkanes of at least 4 members (excludes halogenated alkanes) is 40. The van der Waals surface area contributed by atoms with Gasteiger partial charge in [0.2, 0.25) is 0 Å². The van der Waals surface area contributed by atoms with Crippen LogP contribution in [0.1, 0.15) is 376 Å². The van der Waals surface area contributed by atoms with Gasteiger partial charge in [-0.25, -0.2) is 9.13 Å². The number of carbonyl (C=O) groups excluding carboxylic acids is 4. The number of phosphoric ester groups is 2. The third-order valence-electron chi connectivity index (χ3n) is 17.1. The molecule has 0 aliphatic rings. The van der Waals surface area contributed by atoms with Crippen molar-refractivity contribution in [1.82, 2.24) is 0 Å². The molecule has 0 fully saturated rings. The zero-order chi connectivity index (χ0) is 68.7. The van der Waals surface area contributed by atoms with Gasteiger partial charge in [-0.15, -0.1) is 0 Å². The minimum atomic E-state index is -4.96. The van der Waals surface area contributed by atoms with Crippen molar-refractivity contribution in [3.8, 4) is 0 Å². The van der Waals surface area contributed by atoms with Crippen LogP contribution in [0, 0.1) is 17.8 Å². The van der Waals surface area contributed by atoms with Crippen molar-refractivity contribution in [2.45, 2.75) is 394 Å². The van der Waals surface area contributed by atoms with Crippen molar-refractivity contribution in [3.63, 3.8) is 0 Å². The first-order chi connectivity index (χ1) is 44.7. The van der Waals surface area contributed by atoms with E-state index in [1.54, 1.807) is 0 Å². The molecule has 0 rings (SSSR count). The van der Waals surface area contributed by atoms with Gasteiger partial charge in [-0.3, -0.25) is 37.3 Å². The molecule has 0 bridgehead atoms. The number of hydrogen-bond acceptors (Lipinski definition) is 15. The van der Waals surface area contributed by atoms with Crippen molar-refractivity contribution in [3.05, 3.63) is 0 Å². The van der Waals surface area contributed by atoms with Crippen LogP contribution in [-0.2, 0) is 65.4 Å². The van der Waals surface area contributed by atoms with Gasteiger partial charge in [0.15, 0.2) is 12.2 Å². The summed E-state index contributed by atoms with van der Waals surface area (Å²) in [6.07, 6.45) is 50.0. The first kappa shape index (κ1) is 91.1. The fraction of sp³-hybridized carbons (Fsp3) is 0.946. The SMILES string of the molecule is CCCCCCCCCCCCCCCCC(=O)O[C@H](COC(=O)CCCCCCCCC(C)C)COP(=O)(O)OC[C@H](O)COP(=O)(O)OC[C@@H](COC(=O)CCCCCCCCCCCCCCC(C)C)OC(=O)CCCCCCCCCCCCCCC(C)C. The highest BCUT2D eigenvalue weighted by Gasteiger charge is 2.30. The molecule has 0 spiro atoms. The van der Waals surface area contributed by atoms with Crippen LogP contribution in [0.5, 0.6) is 0 Å². The van der Waals surface area contributed by atoms with E-state index in [1.165, 1.54) is 180 Å². The number of phosphoric acid groups is 2. The Morgan fingerprint density at radius 1 is 0.290 bits per heavy atom. The Kier molecular flexibility index (Phi) is 63.4. The average Bonchev–Trinajstić information content (AvgIpc) is 1.94. The molecule has 0 aliphatic heterocycles. The summed E-state index contributed by atoms with van der Waals surface area (Å²) in [5.41, 5.74) is 0. The second-order valence-electron chi connectivity index (χ2n) is 28.1. The van der Waals surface area contributed by atoms with Crippen LogP contribution >= 0.6 is 15.6 Å². The van der Waals surface area contributed by atoms with Crippen molar-refractivity contribution in [1.29, 1.82) is 0 Å². The van der Waals surface area contributed by atoms with Gasteiger partial charge in [-0.2, -0.15) is 0 Å². The minimum Gasteiger partial charge on any atom is -0.462 e. The van der Waals surface area contributed by atoms with Crippen molar-refractivity contribution < 1.29 is 80.2 Å². The number of ether oxygens (including phenoxy) is 4. The number of carbonyl (C=O) groups is 4. The van der Waals surface area contributed by atoms with E-state index in [2.05, 4.69) is 48.5 Å². The van der Waals surface area contributed by atoms with Crippen molar-refractivity contribution in [2.75, 3.05) is 39.6 Å². The molecule has 552 valence electrons. The van der Waals surface area contributed by atoms with Gasteiger partial charge in [-0.05, 0) is 43.4 Å². The molecule has 0 aromatic heterocycles. The monoisotopic (exact) mass is 1370 g/mol. The van der Waals surface area contributed by atoms with Gasteiger partial charge in [0.25, 0.3) is 0 Å². The molecule has 2 unspecified atom stereocenters. The smallest absolute Gasteiger partial charge is 0.462 e. The van der Waals surface area contributed by atoms with Crippen LogP contribution in [0.25, 0.3) is 0 Å². The molecular formula is C74H144O17P2. The number of esters is 4. The summed E-state index contributed by atoms with van der Waals surface area (Å²) in [6.45, 7) is 11.8. The lowest BCUT2D eigenvalue weighted by molar-refractivity contribution is -0.161. The Bertz CT molecular complexity index is 1820. The van der Waals surface area contributed by atoms with Crippen LogP contribution in [0.3, 0.4) is 0 Å². The number of hydrogen-bond donors (Lipinski definition) is 3. The van der Waals surface area contributed by atoms with E-state index in [0.29, 0.717) is 31.6 Å². The zero-order valence-electron chi connectivity index (χ0n) is 60.7. The van der Waals surface area contributed by atoms with Crippen LogP contribution in [0.2, 0.25) is 0 Å². The normalized spacial score (nSPS) is 14.1. The quantitative estimate of drug-likeness (QED) is 0.0222. The fourth-order valence-electron chi connectivity index (χ4n) is 11.2. The Morgan fingerprint density at radius 3 is 0.731 bits per heavy atom. The van der Waals surface area contributed by atoms with Gasteiger partial charge < -0.3 is 33.8 Å². The highest BCUT2D eigenvalue weighted by molar-refractivity contribution is 7.47. The third kappa shape index (κ3) is 68.4. The standard InChI is InChI=1S/C74H144O17P2/c1-8-9-10-11-12-13-14-15-16-24-29-34-43-50-57-74(79)91-70(62-85-72(77)56-49-42-37-36-40-47-54-67(6)7)64-89-93(82,83)87-60-68(75)59-86-92(80,81)88-63-69(90-73(78)58-51-44-35-30-25-20-18-22-27-32-39-46-53-66(4)5)61-84-71(76)55-48-41-33-28-23-19-17-21-26-31-38-45-52-65(2)3/h65-70,75H,8-64H2,1-7H3,(H,80,81)(H,82,83)/t68-,69-,70-/m1/s1. The van der Waals surface area contributed by atoms with Crippen LogP contribution in [-0.4, -0.2) is 96.7 Å². The van der Waals surface area contributed by atoms with Crippen LogP contribution in [0.15, 0.2) is 0 Å². The number of aliphatic hydroxyl groups excluding tert-OH is 1. The minimum absolute atomic E-state index is 0.107. The molecule has 0 heterocycles. The first-order valence-corrected chi connectivity index (χ1v) is 41.3. The summed E-state index contributed by atoms with van der Waals surface area (Å²) in [6, 6.07) is 0. The molecule has 0 aromatic carbocycles. The Morgan fingerprint density at radius 2 is 0.495 bits per heavy atom. The van der Waals surface area contributed by atoms with Gasteiger partial charge in [0.05, 0.1) is 26.4 Å². The maximum Gasteiger partial charge on any atom is 0.472 e. The predicted molar refractivity (Wildman–Crippen MR) is 377 cm³/mol. The van der Waals surface area contributed by atoms with Gasteiger partial charge >= 0.3 is 39.5 Å². The van der Waals surface area contributed by atoms with E-state index in [1.807, 2.05) is 0 Å². The van der Waals surface area contributed by atoms with Crippen molar-refractivity contribution in [2.24, 2.45) is 17.8 Å². The highest BCUT2D eigenvalue weighted by atomic mass is 31.2. The summed E-state index contributed by atoms with van der Waals surface area (Å²) >= 11 is 0. The summed E-state index contributed by atoms with van der Waals surface area (Å²) < 4.78 is 68.4. The van der Waals surface area contributed by atoms with Crippen molar-refractivity contribution >= 4 is 39.5 Å². The maximum absolute atomic E-state index is 13.1. The van der Waals surface area contributed by atoms with E-state index in [-0.39, 0.29) is 25.7 Å². The average molecular weight is 1370 g/mol. The molecule has 17 nitrogen and oxygen atoms in total. The topological polar surface area (TPSA) is 237 Å². The van der Waals surface area contributed by atoms with E-state index in [9.17, 15) is 43.2 Å². The Hall–Kier alpha value is -1.94. The van der Waals surface area contributed by atoms with E-state index in [4.69, 9.17) is 37.0 Å². The lowest BCUT2D eigenvalue weighted by Crippen LogP contribution is -2.30. The Balaban J connectivity index is 5.24. The maximum atomic E-state index is 13.1. The van der Waals surface area contributed by atoms with E-state index >= 15 is 0 Å². The van der Waals surface area contributed by atoms with Gasteiger partial charge in [-0.1, -0.05) is 325 Å². The predicted octanol–water partition coefficient (Wildman–Crippen LogP) is 21.4. The van der Waals surface area contributed by atoms with Crippen LogP contribution < -0.4 is 0 Å². The second-order valence-corrected chi connectivity index (χ2v) is 31.0. The molecule has 0 radical (unpaired) electrons.